The number of thioether (sulfide) groups is 1. The highest BCUT2D eigenvalue weighted by Gasteiger charge is 2.15. The van der Waals surface area contributed by atoms with Gasteiger partial charge in [-0.1, -0.05) is 59.9 Å². The van der Waals surface area contributed by atoms with Crippen LogP contribution in [0.3, 0.4) is 0 Å². The number of rotatable bonds is 12. The topological polar surface area (TPSA) is 94.6 Å². The van der Waals surface area contributed by atoms with Gasteiger partial charge >= 0.3 is 4.87 Å². The van der Waals surface area contributed by atoms with Crippen molar-refractivity contribution in [3.63, 3.8) is 0 Å². The van der Waals surface area contributed by atoms with Gasteiger partial charge in [0.25, 0.3) is 0 Å². The molecule has 0 radical (unpaired) electrons. The third-order valence-electron chi connectivity index (χ3n) is 5.48. The van der Waals surface area contributed by atoms with Crippen molar-refractivity contribution in [3.05, 3.63) is 75.4 Å². The van der Waals surface area contributed by atoms with Crippen molar-refractivity contribution >= 4 is 44.1 Å². The fourth-order valence-electron chi connectivity index (χ4n) is 3.81. The quantitative estimate of drug-likeness (QED) is 0.227. The van der Waals surface area contributed by atoms with Gasteiger partial charge in [0.1, 0.15) is 11.3 Å². The van der Waals surface area contributed by atoms with Crippen molar-refractivity contribution in [1.82, 2.24) is 10.3 Å². The van der Waals surface area contributed by atoms with Crippen LogP contribution in [-0.2, 0) is 11.2 Å². The summed E-state index contributed by atoms with van der Waals surface area (Å²) in [5.74, 6) is 1.86. The number of phenols is 1. The van der Waals surface area contributed by atoms with E-state index in [9.17, 15) is 15.0 Å². The summed E-state index contributed by atoms with van der Waals surface area (Å²) in [6.07, 6.45) is 0.160. The van der Waals surface area contributed by atoms with Crippen molar-refractivity contribution in [1.29, 1.82) is 0 Å². The van der Waals surface area contributed by atoms with Gasteiger partial charge in [-0.2, -0.15) is 11.8 Å². The van der Waals surface area contributed by atoms with Crippen LogP contribution in [0.5, 0.6) is 5.75 Å². The van der Waals surface area contributed by atoms with Crippen LogP contribution < -0.4 is 10.2 Å². The summed E-state index contributed by atoms with van der Waals surface area (Å²) in [5.41, 5.74) is 2.35. The monoisotopic (exact) mass is 484 g/mol. The first kappa shape index (κ1) is 23.8. The molecule has 0 aliphatic rings. The van der Waals surface area contributed by atoms with E-state index in [-0.39, 0.29) is 10.6 Å². The number of ether oxygens (including phenoxy) is 1. The van der Waals surface area contributed by atoms with Crippen LogP contribution >= 0.6 is 23.1 Å². The molecule has 8 heteroatoms. The Bertz CT molecular complexity index is 1250. The molecule has 1 aromatic heterocycles. The summed E-state index contributed by atoms with van der Waals surface area (Å²) in [5, 5.41) is 26.2. The maximum atomic E-state index is 11.6. The number of fused-ring (bicyclic) bond motifs is 2. The van der Waals surface area contributed by atoms with Crippen LogP contribution in [0.2, 0.25) is 0 Å². The first-order valence-corrected chi connectivity index (χ1v) is 13.0. The number of aliphatic hydroxyl groups excluding tert-OH is 1. The number of aromatic nitrogens is 1. The normalized spacial score (nSPS) is 12.5. The molecule has 4 aromatic rings. The van der Waals surface area contributed by atoms with Crippen LogP contribution in [0.1, 0.15) is 17.2 Å². The molecule has 0 fully saturated rings. The lowest BCUT2D eigenvalue weighted by Gasteiger charge is -2.13. The highest BCUT2D eigenvalue weighted by molar-refractivity contribution is 7.99. The van der Waals surface area contributed by atoms with Crippen molar-refractivity contribution in [3.8, 4) is 5.75 Å². The van der Waals surface area contributed by atoms with E-state index >= 15 is 0 Å². The number of aliphatic hydroxyl groups is 1. The fraction of sp³-hybridized carbons (Fsp3) is 0.320. The number of phenolic OH excluding ortho intramolecular Hbond substituents is 1. The second kappa shape index (κ2) is 11.7. The number of benzene rings is 3. The molecule has 3 aromatic carbocycles. The lowest BCUT2D eigenvalue weighted by atomic mass is 10.0. The van der Waals surface area contributed by atoms with Crippen LogP contribution in [0.15, 0.2) is 59.4 Å². The van der Waals surface area contributed by atoms with Gasteiger partial charge in [-0.05, 0) is 28.8 Å². The minimum Gasteiger partial charge on any atom is -0.506 e. The molecule has 174 valence electrons. The summed E-state index contributed by atoms with van der Waals surface area (Å²) in [6, 6.07) is 18.0. The van der Waals surface area contributed by atoms with E-state index in [1.54, 1.807) is 6.07 Å². The third kappa shape index (κ3) is 6.16. The van der Waals surface area contributed by atoms with E-state index in [1.807, 2.05) is 11.8 Å². The largest absolute Gasteiger partial charge is 0.506 e. The zero-order chi connectivity index (χ0) is 23.0. The second-order valence-corrected chi connectivity index (χ2v) is 9.93. The smallest absolute Gasteiger partial charge is 0.305 e. The van der Waals surface area contributed by atoms with Crippen molar-refractivity contribution in [2.45, 2.75) is 12.5 Å². The molecule has 0 saturated carbocycles. The molecule has 1 heterocycles. The Balaban J connectivity index is 1.09. The number of hydrogen-bond donors (Lipinski definition) is 4. The molecular formula is C25H28N2O4S2. The Morgan fingerprint density at radius 3 is 2.82 bits per heavy atom. The number of H-pyrrole nitrogens is 1. The van der Waals surface area contributed by atoms with Crippen molar-refractivity contribution < 1.29 is 14.9 Å². The Hall–Kier alpha value is -2.36. The van der Waals surface area contributed by atoms with E-state index in [0.717, 1.165) is 42.4 Å². The van der Waals surface area contributed by atoms with Crippen molar-refractivity contribution in [2.24, 2.45) is 0 Å². The summed E-state index contributed by atoms with van der Waals surface area (Å²) >= 11 is 2.81. The molecular weight excluding hydrogens is 456 g/mol. The van der Waals surface area contributed by atoms with Crippen LogP contribution in [0.4, 0.5) is 0 Å². The van der Waals surface area contributed by atoms with Gasteiger partial charge in [0, 0.05) is 30.2 Å². The fourth-order valence-corrected chi connectivity index (χ4v) is 5.46. The van der Waals surface area contributed by atoms with Gasteiger partial charge < -0.3 is 25.3 Å². The van der Waals surface area contributed by atoms with Gasteiger partial charge in [-0.15, -0.1) is 0 Å². The van der Waals surface area contributed by atoms with Crippen LogP contribution in [0, 0.1) is 0 Å². The molecule has 1 atom stereocenters. The second-order valence-electron chi connectivity index (χ2n) is 7.73. The Kier molecular flexibility index (Phi) is 8.41. The van der Waals surface area contributed by atoms with E-state index in [1.165, 1.54) is 22.4 Å². The highest BCUT2D eigenvalue weighted by Crippen LogP contribution is 2.31. The molecule has 0 amide bonds. The number of aromatic amines is 1. The molecule has 0 bridgehead atoms. The third-order valence-corrected chi connectivity index (χ3v) is 7.36. The van der Waals surface area contributed by atoms with Gasteiger partial charge in [0.15, 0.2) is 0 Å². The summed E-state index contributed by atoms with van der Waals surface area (Å²) in [6.45, 7) is 2.58. The molecule has 6 nitrogen and oxygen atoms in total. The predicted octanol–water partition coefficient (Wildman–Crippen LogP) is 4.06. The van der Waals surface area contributed by atoms with Gasteiger partial charge in [0.2, 0.25) is 0 Å². The first-order chi connectivity index (χ1) is 16.1. The molecule has 0 unspecified atom stereocenters. The molecule has 4 rings (SSSR count). The molecule has 4 N–H and O–H groups in total. The predicted molar refractivity (Wildman–Crippen MR) is 138 cm³/mol. The van der Waals surface area contributed by atoms with E-state index < -0.39 is 6.10 Å². The minimum atomic E-state index is -0.748. The van der Waals surface area contributed by atoms with E-state index in [4.69, 9.17) is 4.74 Å². The molecule has 0 spiro atoms. The average molecular weight is 485 g/mol. The number of hydrogen-bond acceptors (Lipinski definition) is 7. The zero-order valence-electron chi connectivity index (χ0n) is 18.3. The number of aromatic hydroxyl groups is 1. The lowest BCUT2D eigenvalue weighted by molar-refractivity contribution is 0.153. The van der Waals surface area contributed by atoms with E-state index in [2.05, 4.69) is 52.8 Å². The van der Waals surface area contributed by atoms with Gasteiger partial charge in [-0.25, -0.2) is 0 Å². The molecule has 0 saturated heterocycles. The molecule has 33 heavy (non-hydrogen) atoms. The number of thiazole rings is 1. The van der Waals surface area contributed by atoms with Crippen molar-refractivity contribution in [2.75, 3.05) is 37.8 Å². The van der Waals surface area contributed by atoms with E-state index in [0.29, 0.717) is 28.9 Å². The maximum absolute atomic E-state index is 11.6. The Morgan fingerprint density at radius 2 is 1.91 bits per heavy atom. The zero-order valence-corrected chi connectivity index (χ0v) is 19.9. The molecule has 0 aliphatic carbocycles. The standard InChI is InChI=1S/C25H28N2O4S2/c28-21-9-8-20(24-23(21)27-25(30)33-24)22(29)16-26-11-14-32-15-13-31-12-10-18-6-3-5-17-4-1-2-7-19(17)18/h1-9,22,26,28-29H,10-16H2,(H,27,30)/t22-/m0/s1. The lowest BCUT2D eigenvalue weighted by Crippen LogP contribution is -2.24. The maximum Gasteiger partial charge on any atom is 0.305 e. The van der Waals surface area contributed by atoms with Crippen LogP contribution in [0.25, 0.3) is 21.0 Å². The van der Waals surface area contributed by atoms with Gasteiger partial charge in [-0.3, -0.25) is 4.79 Å². The van der Waals surface area contributed by atoms with Crippen LogP contribution in [-0.4, -0.2) is 53.0 Å². The summed E-state index contributed by atoms with van der Waals surface area (Å²) < 4.78 is 6.41. The highest BCUT2D eigenvalue weighted by atomic mass is 32.2. The first-order valence-electron chi connectivity index (χ1n) is 11.0. The van der Waals surface area contributed by atoms with Gasteiger partial charge in [0.05, 0.1) is 24.0 Å². The summed E-state index contributed by atoms with van der Waals surface area (Å²) in [4.78, 5) is 14.0. The minimum absolute atomic E-state index is 0.0167. The molecule has 0 aliphatic heterocycles. The Labute approximate surface area is 200 Å². The number of nitrogens with one attached hydrogen (secondary N) is 2. The average Bonchev–Trinajstić information content (AvgIpc) is 3.22. The summed E-state index contributed by atoms with van der Waals surface area (Å²) in [7, 11) is 0. The Morgan fingerprint density at radius 1 is 1.06 bits per heavy atom. The SMILES string of the molecule is O=c1[nH]c2c(O)ccc([C@@H](O)CNCCSCCOCCc3cccc4ccccc34)c2s1.